The molecule has 0 saturated carbocycles. The molecule has 464 valence electrons. The topological polar surface area (TPSA) is 324 Å². The van der Waals surface area contributed by atoms with E-state index in [0.717, 1.165) is 17.5 Å². The van der Waals surface area contributed by atoms with Crippen molar-refractivity contribution in [2.45, 2.75) is 43.6 Å². The van der Waals surface area contributed by atoms with Crippen molar-refractivity contribution in [2.24, 2.45) is 4.99 Å². The highest BCUT2D eigenvalue weighted by Gasteiger charge is 1.88. The number of aliphatic imine (C=N–C) groups is 1. The van der Waals surface area contributed by atoms with Crippen molar-refractivity contribution in [3.05, 3.63) is 332 Å². The molecule has 24 nitrogen and oxygen atoms in total. The number of nitrogens with zero attached hydrogens (tertiary/aromatic N) is 15. The predicted octanol–water partition coefficient (Wildman–Crippen LogP) is 15.5. The van der Waals surface area contributed by atoms with Gasteiger partial charge in [0.2, 0.25) is 19.2 Å². The Balaban J connectivity index is -0.000000429. The third-order valence-electron chi connectivity index (χ3n) is 7.52. The van der Waals surface area contributed by atoms with Gasteiger partial charge in [-0.3, -0.25) is 19.9 Å². The summed E-state index contributed by atoms with van der Waals surface area (Å²) in [6.07, 6.45) is 57.4. The lowest BCUT2D eigenvalue weighted by molar-refractivity contribution is 0.416. The van der Waals surface area contributed by atoms with Crippen LogP contribution in [0.15, 0.2) is 355 Å². The van der Waals surface area contributed by atoms with Crippen molar-refractivity contribution in [3.63, 3.8) is 0 Å². The van der Waals surface area contributed by atoms with Gasteiger partial charge in [0.05, 0.1) is 42.4 Å². The third-order valence-corrected chi connectivity index (χ3v) is 8.15. The molecule has 0 aliphatic carbocycles. The lowest BCUT2D eigenvalue weighted by atomic mass is 10.3. The monoisotopic (exact) mass is 1210 g/mol. The number of hydrogen-bond donors (Lipinski definition) is 5. The van der Waals surface area contributed by atoms with Gasteiger partial charge in [0.15, 0.2) is 12.7 Å². The van der Waals surface area contributed by atoms with E-state index in [1.807, 2.05) is 163 Å². The number of benzene rings is 1. The van der Waals surface area contributed by atoms with Gasteiger partial charge in [-0.2, -0.15) is 11.3 Å². The third kappa shape index (κ3) is 63.2. The molecule has 14 aromatic heterocycles. The average molecular weight is 1220 g/mol. The maximum absolute atomic E-state index is 4.58. The molecule has 0 fully saturated rings. The Morgan fingerprint density at radius 3 is 1.14 bits per heavy atom. The van der Waals surface area contributed by atoms with E-state index < -0.39 is 0 Å². The molecule has 0 atom stereocenters. The number of nitrogens with one attached hydrogen (secondary N) is 5. The lowest BCUT2D eigenvalue weighted by Gasteiger charge is -1.81. The van der Waals surface area contributed by atoms with Crippen LogP contribution in [0.3, 0.4) is 0 Å². The Hall–Kier alpha value is -12.0. The number of thiophene rings is 1. The van der Waals surface area contributed by atoms with Gasteiger partial charge in [-0.25, -0.2) is 39.9 Å². The number of H-pyrrole nitrogens is 5. The number of hydrogen-bond acceptors (Lipinski definition) is 20. The van der Waals surface area contributed by atoms with Crippen LogP contribution in [0.5, 0.6) is 0 Å². The quantitative estimate of drug-likeness (QED) is 0.0942. The molecule has 88 heavy (non-hydrogen) atoms. The van der Waals surface area contributed by atoms with Crippen molar-refractivity contribution in [2.75, 3.05) is 0 Å². The molecule has 25 heteroatoms. The molecule has 16 rings (SSSR count). The highest BCUT2D eigenvalue weighted by molar-refractivity contribution is 7.07. The van der Waals surface area contributed by atoms with E-state index in [1.54, 1.807) is 135 Å². The minimum Gasteiger partial charge on any atom is -0.473 e. The number of aromatic amines is 5. The molecular weight excluding hydrogens is 1130 g/mol. The first kappa shape index (κ1) is 82.5. The van der Waals surface area contributed by atoms with E-state index >= 15 is 0 Å². The van der Waals surface area contributed by atoms with Crippen molar-refractivity contribution in [3.8, 4) is 0 Å². The van der Waals surface area contributed by atoms with Gasteiger partial charge in [0.1, 0.15) is 18.9 Å². The summed E-state index contributed by atoms with van der Waals surface area (Å²) in [6, 6.07) is 36.6. The molecule has 15 aromatic rings. The molecular formula is C63H82N20O4S. The summed E-state index contributed by atoms with van der Waals surface area (Å²) in [5.41, 5.74) is 2.12. The zero-order valence-electron chi connectivity index (χ0n) is 44.7. The van der Waals surface area contributed by atoms with Gasteiger partial charge in [-0.15, -0.1) is 10.2 Å². The molecule has 0 amide bonds. The van der Waals surface area contributed by atoms with Crippen LogP contribution < -0.4 is 0 Å². The standard InChI is InChI=1S/C7H6N2.C5H5N.3C4H4N2.4C4H5N.C4H4O.C4H4S.C3H4N2.C3H3NO.2C2H2N2O.5CH4/c1-2-4-7-6(3-1)8-5-9-7;1-2-4-6-5-3-1;1-2-6-4-3-5-1;2*1-2-5-4-6-3-1;6*1-2-4-5-3-1;2*1-2-5-3-4-1;1-3-4-2-5-1;1-3-2-5-4-1;;;;;/h1-5H,(H,8,9);1-5H;3*1-4H;1,3-4H,2H2;3*1-5H;2*1-4H;1-3H,(H,4,5);1-3H;2*1-2H;5*1H4. The number of rotatable bonds is 0. The second-order valence-electron chi connectivity index (χ2n) is 13.4. The first-order valence-electron chi connectivity index (χ1n) is 24.3. The molecule has 1 aromatic carbocycles. The molecule has 1 aliphatic heterocycles. The minimum atomic E-state index is 0. The molecule has 0 saturated heterocycles. The number of para-hydroxylation sites is 2. The Bertz CT molecular complexity index is 2460. The van der Waals surface area contributed by atoms with E-state index in [4.69, 9.17) is 0 Å². The van der Waals surface area contributed by atoms with Crippen LogP contribution in [-0.2, 0) is 0 Å². The van der Waals surface area contributed by atoms with Gasteiger partial charge in [0, 0.05) is 130 Å². The average Bonchev–Trinajstić information content (AvgIpc) is 4.61. The van der Waals surface area contributed by atoms with Crippen LogP contribution >= 0.6 is 11.3 Å². The van der Waals surface area contributed by atoms with E-state index in [0.29, 0.717) is 0 Å². The number of allylic oxidation sites excluding steroid dienone is 1. The number of aromatic nitrogens is 19. The minimum absolute atomic E-state index is 0. The molecule has 0 spiro atoms. The smallest absolute Gasteiger partial charge is 0.213 e. The first-order valence-corrected chi connectivity index (χ1v) is 25.2. The fourth-order valence-electron chi connectivity index (χ4n) is 4.21. The lowest BCUT2D eigenvalue weighted by Crippen LogP contribution is -1.66. The van der Waals surface area contributed by atoms with Crippen LogP contribution in [0.2, 0.25) is 0 Å². The molecule has 15 heterocycles. The van der Waals surface area contributed by atoms with Crippen LogP contribution in [0.1, 0.15) is 43.6 Å². The number of imidazole rings is 2. The van der Waals surface area contributed by atoms with Gasteiger partial charge in [-0.1, -0.05) is 78.7 Å². The summed E-state index contributed by atoms with van der Waals surface area (Å²) < 4.78 is 17.6. The maximum Gasteiger partial charge on any atom is 0.213 e. The van der Waals surface area contributed by atoms with Crippen LogP contribution in [0.4, 0.5) is 0 Å². The molecule has 0 radical (unpaired) electrons. The van der Waals surface area contributed by atoms with Crippen LogP contribution in [0, 0.1) is 0 Å². The number of furan rings is 1. The van der Waals surface area contributed by atoms with E-state index in [-0.39, 0.29) is 37.1 Å². The summed E-state index contributed by atoms with van der Waals surface area (Å²) in [4.78, 5) is 58.8. The summed E-state index contributed by atoms with van der Waals surface area (Å²) in [5.74, 6) is 0. The zero-order valence-corrected chi connectivity index (χ0v) is 45.5. The molecule has 5 N–H and O–H groups in total. The largest absolute Gasteiger partial charge is 0.473 e. The number of pyridine rings is 1. The SMILES string of the molecule is C.C.C.C.C.C1=CN=CC1.c1c[nH]cn1.c1cc[nH]c1.c1cc[nH]c1.c1cc[nH]c1.c1ccc2[nH]cnc2c1.c1ccncc1.c1ccoc1.c1ccsc1.c1cnccn1.c1cncnc1.c1cncnc1.c1cocn1.c1ncon1.c1nnco1. The van der Waals surface area contributed by atoms with E-state index in [2.05, 4.69) is 118 Å². The molecule has 0 bridgehead atoms. The normalized spacial score (nSPS) is 8.32. The number of oxazole rings is 1. The Morgan fingerprint density at radius 1 is 0.375 bits per heavy atom. The Morgan fingerprint density at radius 2 is 0.920 bits per heavy atom. The highest BCUT2D eigenvalue weighted by Crippen LogP contribution is 2.05. The van der Waals surface area contributed by atoms with Gasteiger partial charge in [0.25, 0.3) is 0 Å². The molecule has 1 aliphatic rings. The summed E-state index contributed by atoms with van der Waals surface area (Å²) in [7, 11) is 0. The van der Waals surface area contributed by atoms with Crippen molar-refractivity contribution in [1.29, 1.82) is 0 Å². The Kier molecular flexibility index (Phi) is 68.4. The zero-order chi connectivity index (χ0) is 58.4. The van der Waals surface area contributed by atoms with Crippen molar-refractivity contribution in [1.82, 2.24) is 95.1 Å². The highest BCUT2D eigenvalue weighted by atomic mass is 32.1. The van der Waals surface area contributed by atoms with Gasteiger partial charge < -0.3 is 42.7 Å². The van der Waals surface area contributed by atoms with E-state index in [1.165, 1.54) is 50.8 Å². The fraction of sp³-hybridized carbons (Fsp3) is 0.0952. The summed E-state index contributed by atoms with van der Waals surface area (Å²) in [6.45, 7) is 0. The second-order valence-corrected chi connectivity index (χ2v) is 14.3. The van der Waals surface area contributed by atoms with Gasteiger partial charge >= 0.3 is 0 Å². The summed E-state index contributed by atoms with van der Waals surface area (Å²) in [5, 5.41) is 13.9. The first-order chi connectivity index (χ1) is 41.5. The van der Waals surface area contributed by atoms with E-state index in [9.17, 15) is 0 Å². The fourth-order valence-corrected chi connectivity index (χ4v) is 4.66. The maximum atomic E-state index is 4.58. The van der Waals surface area contributed by atoms with Crippen molar-refractivity contribution >= 4 is 28.6 Å². The molecule has 0 unspecified atom stereocenters. The second kappa shape index (κ2) is 73.0. The van der Waals surface area contributed by atoms with Crippen LogP contribution in [0.25, 0.3) is 11.0 Å². The summed E-state index contributed by atoms with van der Waals surface area (Å²) >= 11 is 1.71. The Labute approximate surface area is 519 Å². The van der Waals surface area contributed by atoms with Gasteiger partial charge in [-0.05, 0) is 95.7 Å². The van der Waals surface area contributed by atoms with Crippen molar-refractivity contribution < 1.29 is 17.8 Å². The number of fused-ring (bicyclic) bond motifs is 1. The van der Waals surface area contributed by atoms with Crippen LogP contribution in [-0.4, -0.2) is 101 Å². The predicted molar refractivity (Wildman–Crippen MR) is 351 cm³/mol.